The minimum atomic E-state index is 0.337. The summed E-state index contributed by atoms with van der Waals surface area (Å²) in [5, 5.41) is 11.2. The summed E-state index contributed by atoms with van der Waals surface area (Å²) in [4.78, 5) is 0. The number of rotatable bonds is 4. The number of aromatic nitrogens is 2. The second-order valence-electron chi connectivity index (χ2n) is 3.72. The molecule has 6 heteroatoms. The zero-order valence-electron chi connectivity index (χ0n) is 8.75. The monoisotopic (exact) mass is 261 g/mol. The second kappa shape index (κ2) is 5.66. The summed E-state index contributed by atoms with van der Waals surface area (Å²) in [7, 11) is 0. The van der Waals surface area contributed by atoms with E-state index in [4.69, 9.17) is 27.9 Å². The molecule has 0 spiro atoms. The van der Waals surface area contributed by atoms with E-state index >= 15 is 0 Å². The minimum absolute atomic E-state index is 0.337. The van der Waals surface area contributed by atoms with E-state index in [-0.39, 0.29) is 0 Å². The third-order valence-corrected chi connectivity index (χ3v) is 2.99. The maximum Gasteiger partial charge on any atom is 0.174 e. The molecule has 1 aromatic rings. The molecule has 0 bridgehead atoms. The standard InChI is InChI=1S/C10H13Cl2N3O/c11-9-6-8(10(12)15-14-9)13-4-3-7-2-1-5-16-7/h6-7H,1-5H2,(H,13,14). The normalized spacial score (nSPS) is 20.0. The lowest BCUT2D eigenvalue weighted by Crippen LogP contribution is -2.12. The predicted molar refractivity (Wildman–Crippen MR) is 64.1 cm³/mol. The summed E-state index contributed by atoms with van der Waals surface area (Å²) in [5.74, 6) is 0. The molecular weight excluding hydrogens is 249 g/mol. The highest BCUT2D eigenvalue weighted by Crippen LogP contribution is 2.21. The van der Waals surface area contributed by atoms with Gasteiger partial charge in [-0.2, -0.15) is 0 Å². The summed E-state index contributed by atoms with van der Waals surface area (Å²) in [6.07, 6.45) is 3.64. The number of ether oxygens (including phenoxy) is 1. The van der Waals surface area contributed by atoms with Crippen LogP contribution in [0, 0.1) is 0 Å². The molecule has 1 N–H and O–H groups in total. The van der Waals surface area contributed by atoms with Crippen molar-refractivity contribution in [2.75, 3.05) is 18.5 Å². The largest absolute Gasteiger partial charge is 0.382 e. The molecule has 1 aromatic heterocycles. The van der Waals surface area contributed by atoms with Crippen LogP contribution in [-0.4, -0.2) is 29.5 Å². The Labute approximate surface area is 104 Å². The molecule has 2 heterocycles. The van der Waals surface area contributed by atoms with E-state index in [0.29, 0.717) is 16.4 Å². The van der Waals surface area contributed by atoms with Crippen molar-refractivity contribution in [2.45, 2.75) is 25.4 Å². The van der Waals surface area contributed by atoms with Gasteiger partial charge >= 0.3 is 0 Å². The Morgan fingerprint density at radius 1 is 1.44 bits per heavy atom. The Kier molecular flexibility index (Phi) is 4.21. The Morgan fingerprint density at radius 3 is 3.06 bits per heavy atom. The van der Waals surface area contributed by atoms with Gasteiger partial charge < -0.3 is 10.1 Å². The highest BCUT2D eigenvalue weighted by atomic mass is 35.5. The van der Waals surface area contributed by atoms with Crippen molar-refractivity contribution in [2.24, 2.45) is 0 Å². The van der Waals surface area contributed by atoms with Crippen LogP contribution in [0.15, 0.2) is 6.07 Å². The minimum Gasteiger partial charge on any atom is -0.382 e. The van der Waals surface area contributed by atoms with Crippen molar-refractivity contribution >= 4 is 28.9 Å². The van der Waals surface area contributed by atoms with Crippen LogP contribution in [0.5, 0.6) is 0 Å². The van der Waals surface area contributed by atoms with Gasteiger partial charge in [0.15, 0.2) is 10.3 Å². The quantitative estimate of drug-likeness (QED) is 0.906. The molecule has 1 fully saturated rings. The molecule has 88 valence electrons. The Balaban J connectivity index is 1.82. The number of hydrogen-bond donors (Lipinski definition) is 1. The van der Waals surface area contributed by atoms with Gasteiger partial charge in [0.2, 0.25) is 0 Å². The Bertz CT molecular complexity index is 356. The van der Waals surface area contributed by atoms with E-state index in [1.165, 1.54) is 0 Å². The first-order valence-electron chi connectivity index (χ1n) is 5.30. The number of nitrogens with zero attached hydrogens (tertiary/aromatic N) is 2. The van der Waals surface area contributed by atoms with Gasteiger partial charge in [0.1, 0.15) is 0 Å². The zero-order chi connectivity index (χ0) is 11.4. The van der Waals surface area contributed by atoms with Gasteiger partial charge in [0.25, 0.3) is 0 Å². The van der Waals surface area contributed by atoms with Crippen LogP contribution >= 0.6 is 23.2 Å². The first kappa shape index (κ1) is 11.9. The molecule has 1 unspecified atom stereocenters. The fourth-order valence-corrected chi connectivity index (χ4v) is 2.02. The van der Waals surface area contributed by atoms with E-state index in [1.54, 1.807) is 6.07 Å². The smallest absolute Gasteiger partial charge is 0.174 e. The molecule has 4 nitrogen and oxygen atoms in total. The number of hydrogen-bond acceptors (Lipinski definition) is 4. The third kappa shape index (κ3) is 3.20. The highest BCUT2D eigenvalue weighted by Gasteiger charge is 2.14. The molecule has 0 aliphatic carbocycles. The lowest BCUT2D eigenvalue weighted by molar-refractivity contribution is 0.107. The second-order valence-corrected chi connectivity index (χ2v) is 4.47. The topological polar surface area (TPSA) is 47.0 Å². The van der Waals surface area contributed by atoms with Crippen molar-refractivity contribution in [3.05, 3.63) is 16.4 Å². The number of anilines is 1. The summed E-state index contributed by atoms with van der Waals surface area (Å²) < 4.78 is 5.52. The highest BCUT2D eigenvalue weighted by molar-refractivity contribution is 6.33. The fourth-order valence-electron chi connectivity index (χ4n) is 1.72. The van der Waals surface area contributed by atoms with Crippen LogP contribution in [-0.2, 0) is 4.74 Å². The average molecular weight is 262 g/mol. The molecule has 0 saturated carbocycles. The van der Waals surface area contributed by atoms with E-state index in [9.17, 15) is 0 Å². The van der Waals surface area contributed by atoms with Crippen LogP contribution in [0.4, 0.5) is 5.69 Å². The summed E-state index contributed by atoms with van der Waals surface area (Å²) in [6, 6.07) is 1.67. The molecule has 0 radical (unpaired) electrons. The average Bonchev–Trinajstić information content (AvgIpc) is 2.76. The van der Waals surface area contributed by atoms with Gasteiger partial charge in [-0.05, 0) is 19.3 Å². The van der Waals surface area contributed by atoms with Crippen LogP contribution in [0.25, 0.3) is 0 Å². The van der Waals surface area contributed by atoms with Crippen LogP contribution < -0.4 is 5.32 Å². The zero-order valence-corrected chi connectivity index (χ0v) is 10.3. The molecule has 1 saturated heterocycles. The van der Waals surface area contributed by atoms with Crippen molar-refractivity contribution in [1.82, 2.24) is 10.2 Å². The lowest BCUT2D eigenvalue weighted by atomic mass is 10.2. The first-order valence-corrected chi connectivity index (χ1v) is 6.05. The molecule has 1 atom stereocenters. The van der Waals surface area contributed by atoms with Crippen LogP contribution in [0.3, 0.4) is 0 Å². The van der Waals surface area contributed by atoms with Crippen LogP contribution in [0.2, 0.25) is 10.3 Å². The van der Waals surface area contributed by atoms with Crippen LogP contribution in [0.1, 0.15) is 19.3 Å². The Morgan fingerprint density at radius 2 is 2.31 bits per heavy atom. The third-order valence-electron chi connectivity index (χ3n) is 2.52. The van der Waals surface area contributed by atoms with Crippen molar-refractivity contribution in [3.8, 4) is 0 Å². The van der Waals surface area contributed by atoms with E-state index in [1.807, 2.05) is 0 Å². The lowest BCUT2D eigenvalue weighted by Gasteiger charge is -2.11. The van der Waals surface area contributed by atoms with Gasteiger partial charge in [-0.15, -0.1) is 10.2 Å². The maximum absolute atomic E-state index is 5.87. The Hall–Kier alpha value is -0.580. The molecule has 0 amide bonds. The van der Waals surface area contributed by atoms with Crippen molar-refractivity contribution in [1.29, 1.82) is 0 Å². The number of nitrogens with one attached hydrogen (secondary N) is 1. The summed E-state index contributed by atoms with van der Waals surface area (Å²) >= 11 is 11.6. The summed E-state index contributed by atoms with van der Waals surface area (Å²) in [5.41, 5.74) is 0.722. The predicted octanol–water partition coefficient (Wildman–Crippen LogP) is 2.76. The molecule has 0 aromatic carbocycles. The fraction of sp³-hybridized carbons (Fsp3) is 0.600. The van der Waals surface area contributed by atoms with Gasteiger partial charge in [-0.25, -0.2) is 0 Å². The van der Waals surface area contributed by atoms with Crippen molar-refractivity contribution < 1.29 is 4.74 Å². The first-order chi connectivity index (χ1) is 7.75. The van der Waals surface area contributed by atoms with E-state index in [0.717, 1.165) is 38.1 Å². The van der Waals surface area contributed by atoms with Gasteiger partial charge in [0.05, 0.1) is 11.8 Å². The molecule has 1 aliphatic rings. The van der Waals surface area contributed by atoms with Gasteiger partial charge in [-0.3, -0.25) is 0 Å². The molecule has 2 rings (SSSR count). The summed E-state index contributed by atoms with van der Waals surface area (Å²) in [6.45, 7) is 1.68. The SMILES string of the molecule is Clc1cc(NCCC2CCCO2)c(Cl)nn1. The maximum atomic E-state index is 5.87. The van der Waals surface area contributed by atoms with Gasteiger partial charge in [0, 0.05) is 19.2 Å². The van der Waals surface area contributed by atoms with Crippen molar-refractivity contribution in [3.63, 3.8) is 0 Å². The molecule has 16 heavy (non-hydrogen) atoms. The van der Waals surface area contributed by atoms with E-state index < -0.39 is 0 Å². The number of halogens is 2. The molecular formula is C10H13Cl2N3O. The van der Waals surface area contributed by atoms with Gasteiger partial charge in [-0.1, -0.05) is 23.2 Å². The van der Waals surface area contributed by atoms with E-state index in [2.05, 4.69) is 15.5 Å². The molecule has 1 aliphatic heterocycles.